The van der Waals surface area contributed by atoms with Gasteiger partial charge in [-0.05, 0) is 0 Å². The van der Waals surface area contributed by atoms with Crippen LogP contribution in [0.3, 0.4) is 0 Å². The van der Waals surface area contributed by atoms with Crippen molar-refractivity contribution >= 4 is 11.0 Å². The second-order valence-electron chi connectivity index (χ2n) is 2.86. The van der Waals surface area contributed by atoms with Gasteiger partial charge in [-0.1, -0.05) is 5.21 Å². The van der Waals surface area contributed by atoms with Gasteiger partial charge in [0.2, 0.25) is 0 Å². The van der Waals surface area contributed by atoms with Gasteiger partial charge in [0.25, 0.3) is 0 Å². The van der Waals surface area contributed by atoms with Crippen LogP contribution < -0.4 is 5.73 Å². The first kappa shape index (κ1) is 9.01. The number of halogens is 2. The van der Waals surface area contributed by atoms with Crippen molar-refractivity contribution in [2.24, 2.45) is 5.73 Å². The monoisotopic (exact) mass is 198 g/mol. The smallest absolute Gasteiger partial charge is 0.161 e. The first-order chi connectivity index (χ1) is 6.72. The lowest BCUT2D eigenvalue weighted by molar-refractivity contribution is 0.510. The lowest BCUT2D eigenvalue weighted by Crippen LogP contribution is -2.11. The van der Waals surface area contributed by atoms with E-state index in [-0.39, 0.29) is 0 Å². The topological polar surface area (TPSA) is 56.7 Å². The summed E-state index contributed by atoms with van der Waals surface area (Å²) < 4.78 is 27.1. The maximum Gasteiger partial charge on any atom is 0.161 e. The maximum atomic E-state index is 12.9. The second kappa shape index (κ2) is 3.30. The van der Waals surface area contributed by atoms with Crippen molar-refractivity contribution in [1.82, 2.24) is 15.0 Å². The van der Waals surface area contributed by atoms with E-state index in [1.807, 2.05) is 0 Å². The molecule has 0 bridgehead atoms. The Labute approximate surface area is 78.3 Å². The predicted octanol–water partition coefficient (Wildman–Crippen LogP) is 0.668. The van der Waals surface area contributed by atoms with Gasteiger partial charge in [-0.3, -0.25) is 0 Å². The van der Waals surface area contributed by atoms with Gasteiger partial charge in [0.05, 0.1) is 12.1 Å². The van der Waals surface area contributed by atoms with Crippen molar-refractivity contribution in [1.29, 1.82) is 0 Å². The third-order valence-electron chi connectivity index (χ3n) is 1.90. The molecule has 2 rings (SSSR count). The zero-order valence-electron chi connectivity index (χ0n) is 7.24. The Balaban J connectivity index is 2.61. The van der Waals surface area contributed by atoms with Crippen LogP contribution in [0.5, 0.6) is 0 Å². The minimum absolute atomic E-state index is 0.331. The highest BCUT2D eigenvalue weighted by atomic mass is 19.2. The number of hydrogen-bond acceptors (Lipinski definition) is 3. The summed E-state index contributed by atoms with van der Waals surface area (Å²) in [5, 5.41) is 7.41. The molecule has 0 atom stereocenters. The molecule has 1 heterocycles. The molecule has 0 amide bonds. The van der Waals surface area contributed by atoms with Crippen LogP contribution in [0, 0.1) is 11.6 Å². The zero-order chi connectivity index (χ0) is 10.1. The van der Waals surface area contributed by atoms with E-state index in [1.54, 1.807) is 0 Å². The summed E-state index contributed by atoms with van der Waals surface area (Å²) in [6, 6.07) is 2.09. The number of nitrogens with two attached hydrogens (primary N) is 1. The molecule has 0 aliphatic heterocycles. The summed E-state index contributed by atoms with van der Waals surface area (Å²) in [5.41, 5.74) is 6.11. The molecule has 14 heavy (non-hydrogen) atoms. The molecule has 0 aliphatic carbocycles. The third-order valence-corrected chi connectivity index (χ3v) is 1.90. The number of benzene rings is 1. The zero-order valence-corrected chi connectivity index (χ0v) is 7.24. The molecule has 0 unspecified atom stereocenters. The first-order valence-corrected chi connectivity index (χ1v) is 4.10. The molecule has 74 valence electrons. The van der Waals surface area contributed by atoms with Crippen LogP contribution in [0.15, 0.2) is 12.1 Å². The van der Waals surface area contributed by atoms with E-state index in [9.17, 15) is 8.78 Å². The third kappa shape index (κ3) is 1.33. The molecule has 0 fully saturated rings. The van der Waals surface area contributed by atoms with Gasteiger partial charge >= 0.3 is 0 Å². The summed E-state index contributed by atoms with van der Waals surface area (Å²) in [7, 11) is 0. The SMILES string of the molecule is NCCn1nnc2cc(F)c(F)cc21. The minimum atomic E-state index is -0.919. The van der Waals surface area contributed by atoms with E-state index in [2.05, 4.69) is 10.3 Å². The molecule has 0 saturated carbocycles. The van der Waals surface area contributed by atoms with Gasteiger partial charge in [-0.25, -0.2) is 13.5 Å². The number of aromatic nitrogens is 3. The Morgan fingerprint density at radius 3 is 2.71 bits per heavy atom. The van der Waals surface area contributed by atoms with Crippen LogP contribution in [-0.2, 0) is 6.54 Å². The number of nitrogens with zero attached hydrogens (tertiary/aromatic N) is 3. The highest BCUT2D eigenvalue weighted by Gasteiger charge is 2.09. The van der Waals surface area contributed by atoms with E-state index in [4.69, 9.17) is 5.73 Å². The Morgan fingerprint density at radius 2 is 2.00 bits per heavy atom. The molecule has 2 N–H and O–H groups in total. The quantitative estimate of drug-likeness (QED) is 0.771. The van der Waals surface area contributed by atoms with Crippen molar-refractivity contribution in [3.8, 4) is 0 Å². The van der Waals surface area contributed by atoms with Crippen molar-refractivity contribution in [3.05, 3.63) is 23.8 Å². The van der Waals surface area contributed by atoms with E-state index in [0.717, 1.165) is 12.1 Å². The van der Waals surface area contributed by atoms with Crippen molar-refractivity contribution in [3.63, 3.8) is 0 Å². The first-order valence-electron chi connectivity index (χ1n) is 4.10. The van der Waals surface area contributed by atoms with E-state index in [0.29, 0.717) is 24.1 Å². The molecule has 0 spiro atoms. The Bertz CT molecular complexity index is 466. The molecule has 0 saturated heterocycles. The summed E-state index contributed by atoms with van der Waals surface area (Å²) >= 11 is 0. The van der Waals surface area contributed by atoms with Crippen molar-refractivity contribution < 1.29 is 8.78 Å². The van der Waals surface area contributed by atoms with Gasteiger partial charge in [0.1, 0.15) is 5.52 Å². The van der Waals surface area contributed by atoms with Crippen LogP contribution in [0.1, 0.15) is 0 Å². The summed E-state index contributed by atoms with van der Waals surface area (Å²) in [6.07, 6.45) is 0. The minimum Gasteiger partial charge on any atom is -0.329 e. The Kier molecular flexibility index (Phi) is 2.12. The highest BCUT2D eigenvalue weighted by Crippen LogP contribution is 2.15. The van der Waals surface area contributed by atoms with E-state index < -0.39 is 11.6 Å². The van der Waals surface area contributed by atoms with Crippen LogP contribution in [0.2, 0.25) is 0 Å². The number of fused-ring (bicyclic) bond motifs is 1. The fourth-order valence-electron chi connectivity index (χ4n) is 1.25. The van der Waals surface area contributed by atoms with Crippen molar-refractivity contribution in [2.45, 2.75) is 6.54 Å². The summed E-state index contributed by atoms with van der Waals surface area (Å²) in [6.45, 7) is 0.805. The summed E-state index contributed by atoms with van der Waals surface area (Å²) in [4.78, 5) is 0. The van der Waals surface area contributed by atoms with Gasteiger partial charge in [-0.15, -0.1) is 5.10 Å². The average molecular weight is 198 g/mol. The molecule has 6 heteroatoms. The van der Waals surface area contributed by atoms with Gasteiger partial charge in [0, 0.05) is 18.7 Å². The van der Waals surface area contributed by atoms with Gasteiger partial charge < -0.3 is 5.73 Å². The molecule has 4 nitrogen and oxygen atoms in total. The van der Waals surface area contributed by atoms with E-state index in [1.165, 1.54) is 4.68 Å². The van der Waals surface area contributed by atoms with Crippen molar-refractivity contribution in [2.75, 3.05) is 6.54 Å². The number of rotatable bonds is 2. The Hall–Kier alpha value is -1.56. The maximum absolute atomic E-state index is 12.9. The fourth-order valence-corrected chi connectivity index (χ4v) is 1.25. The lowest BCUT2D eigenvalue weighted by Gasteiger charge is -1.98. The number of hydrogen-bond donors (Lipinski definition) is 1. The van der Waals surface area contributed by atoms with Gasteiger partial charge in [0.15, 0.2) is 11.6 Å². The molecule has 0 aliphatic rings. The largest absolute Gasteiger partial charge is 0.329 e. The second-order valence-corrected chi connectivity index (χ2v) is 2.86. The highest BCUT2D eigenvalue weighted by molar-refractivity contribution is 5.74. The molecule has 1 aromatic carbocycles. The van der Waals surface area contributed by atoms with Gasteiger partial charge in [-0.2, -0.15) is 0 Å². The average Bonchev–Trinajstić information content (AvgIpc) is 2.51. The molecule has 1 aromatic heterocycles. The molecule has 2 aromatic rings. The summed E-state index contributed by atoms with van der Waals surface area (Å²) in [5.74, 6) is -1.82. The molecular formula is C8H8F2N4. The fraction of sp³-hybridized carbons (Fsp3) is 0.250. The lowest BCUT2D eigenvalue weighted by atomic mass is 10.3. The predicted molar refractivity (Wildman–Crippen MR) is 46.5 cm³/mol. The normalized spacial score (nSPS) is 11.1. The Morgan fingerprint density at radius 1 is 1.29 bits per heavy atom. The van der Waals surface area contributed by atoms with Crippen LogP contribution >= 0.6 is 0 Å². The standard InChI is InChI=1S/C8H8F2N4/c9-5-3-7-8(4-6(5)10)14(2-1-11)13-12-7/h3-4H,1-2,11H2. The molecule has 0 radical (unpaired) electrons. The van der Waals surface area contributed by atoms with Crippen LogP contribution in [0.4, 0.5) is 8.78 Å². The van der Waals surface area contributed by atoms with E-state index >= 15 is 0 Å². The molecular weight excluding hydrogens is 190 g/mol. The van der Waals surface area contributed by atoms with Crippen LogP contribution in [-0.4, -0.2) is 21.5 Å². The van der Waals surface area contributed by atoms with Crippen LogP contribution in [0.25, 0.3) is 11.0 Å².